The zero-order chi connectivity index (χ0) is 18.4. The highest BCUT2D eigenvalue weighted by Gasteiger charge is 2.30. The zero-order valence-electron chi connectivity index (χ0n) is 13.9. The number of methoxy groups -OCH3 is 1. The number of hydrogen-bond acceptors (Lipinski definition) is 2. The molecule has 7 heteroatoms. The van der Waals surface area contributed by atoms with E-state index >= 15 is 0 Å². The maximum atomic E-state index is 12.8. The molecular formula is C18H19F3N2O2. The first-order valence-corrected chi connectivity index (χ1v) is 7.64. The van der Waals surface area contributed by atoms with Crippen molar-refractivity contribution in [2.24, 2.45) is 0 Å². The van der Waals surface area contributed by atoms with Crippen molar-refractivity contribution in [3.8, 4) is 5.75 Å². The van der Waals surface area contributed by atoms with Gasteiger partial charge in [-0.25, -0.2) is 4.79 Å². The molecule has 0 saturated carbocycles. The molecule has 4 nitrogen and oxygen atoms in total. The van der Waals surface area contributed by atoms with E-state index in [0.717, 1.165) is 17.7 Å². The number of halogens is 3. The van der Waals surface area contributed by atoms with E-state index in [1.165, 1.54) is 13.2 Å². The number of nitrogens with one attached hydrogen (secondary N) is 2. The van der Waals surface area contributed by atoms with Gasteiger partial charge in [-0.1, -0.05) is 30.3 Å². The summed E-state index contributed by atoms with van der Waals surface area (Å²) in [5.74, 6) is 0.647. The van der Waals surface area contributed by atoms with E-state index in [9.17, 15) is 18.0 Å². The monoisotopic (exact) mass is 352 g/mol. The Hall–Kier alpha value is -2.70. The van der Waals surface area contributed by atoms with Crippen molar-refractivity contribution in [3.05, 3.63) is 65.2 Å². The summed E-state index contributed by atoms with van der Waals surface area (Å²) in [6, 6.07) is 11.1. The number of carbonyl (C=O) groups is 1. The highest BCUT2D eigenvalue weighted by atomic mass is 19.4. The molecule has 0 bridgehead atoms. The lowest BCUT2D eigenvalue weighted by molar-refractivity contribution is -0.137. The number of benzene rings is 2. The standard InChI is InChI=1S/C18H19F3N2O2/c1-12(13-7-5-8-15(10-13)18(19,20)21)23-17(24)22-11-14-6-3-4-9-16(14)25-2/h3-10,12H,11H2,1-2H3,(H2,22,23,24)/t12-/m1/s1. The van der Waals surface area contributed by atoms with Crippen LogP contribution in [-0.2, 0) is 12.7 Å². The number of carbonyl (C=O) groups excluding carboxylic acids is 1. The van der Waals surface area contributed by atoms with E-state index in [1.807, 2.05) is 18.2 Å². The summed E-state index contributed by atoms with van der Waals surface area (Å²) >= 11 is 0. The topological polar surface area (TPSA) is 50.4 Å². The van der Waals surface area contributed by atoms with Crippen molar-refractivity contribution < 1.29 is 22.7 Å². The molecule has 0 spiro atoms. The summed E-state index contributed by atoms with van der Waals surface area (Å²) in [5.41, 5.74) is 0.433. The molecule has 2 aromatic carbocycles. The van der Waals surface area contributed by atoms with Gasteiger partial charge in [0.25, 0.3) is 0 Å². The SMILES string of the molecule is COc1ccccc1CNC(=O)N[C@H](C)c1cccc(C(F)(F)F)c1. The Morgan fingerprint density at radius 2 is 1.88 bits per heavy atom. The third-order valence-corrected chi connectivity index (χ3v) is 3.69. The van der Waals surface area contributed by atoms with Crippen molar-refractivity contribution in [3.63, 3.8) is 0 Å². The average molecular weight is 352 g/mol. The average Bonchev–Trinajstić information content (AvgIpc) is 2.59. The van der Waals surface area contributed by atoms with Crippen LogP contribution < -0.4 is 15.4 Å². The molecule has 0 unspecified atom stereocenters. The summed E-state index contributed by atoms with van der Waals surface area (Å²) in [5, 5.41) is 5.29. The van der Waals surface area contributed by atoms with E-state index in [0.29, 0.717) is 11.3 Å². The van der Waals surface area contributed by atoms with Crippen LogP contribution in [0.1, 0.15) is 29.7 Å². The van der Waals surface area contributed by atoms with Crippen LogP contribution in [0, 0.1) is 0 Å². The Morgan fingerprint density at radius 1 is 1.16 bits per heavy atom. The lowest BCUT2D eigenvalue weighted by Crippen LogP contribution is -2.36. The Balaban J connectivity index is 1.96. The van der Waals surface area contributed by atoms with Gasteiger partial charge in [0.1, 0.15) is 5.75 Å². The largest absolute Gasteiger partial charge is 0.496 e. The minimum Gasteiger partial charge on any atom is -0.496 e. The molecule has 0 aliphatic heterocycles. The van der Waals surface area contributed by atoms with Crippen molar-refractivity contribution >= 4 is 6.03 Å². The number of ether oxygens (including phenoxy) is 1. The number of hydrogen-bond donors (Lipinski definition) is 2. The van der Waals surface area contributed by atoms with Gasteiger partial charge in [-0.15, -0.1) is 0 Å². The van der Waals surface area contributed by atoms with Crippen LogP contribution >= 0.6 is 0 Å². The van der Waals surface area contributed by atoms with E-state index in [2.05, 4.69) is 10.6 Å². The summed E-state index contributed by atoms with van der Waals surface area (Å²) in [7, 11) is 1.54. The van der Waals surface area contributed by atoms with E-state index < -0.39 is 23.8 Å². The molecule has 2 amide bonds. The second kappa shape index (κ2) is 7.92. The highest BCUT2D eigenvalue weighted by Crippen LogP contribution is 2.30. The molecule has 25 heavy (non-hydrogen) atoms. The summed E-state index contributed by atoms with van der Waals surface area (Å²) < 4.78 is 43.5. The summed E-state index contributed by atoms with van der Waals surface area (Å²) in [6.45, 7) is 1.86. The Labute approximate surface area is 144 Å². The lowest BCUT2D eigenvalue weighted by atomic mass is 10.1. The molecule has 134 valence electrons. The van der Waals surface area contributed by atoms with Crippen molar-refractivity contribution in [1.29, 1.82) is 0 Å². The quantitative estimate of drug-likeness (QED) is 0.844. The first kappa shape index (κ1) is 18.6. The minimum atomic E-state index is -4.41. The third kappa shape index (κ3) is 5.14. The third-order valence-electron chi connectivity index (χ3n) is 3.69. The molecule has 0 aliphatic carbocycles. The van der Waals surface area contributed by atoms with Gasteiger partial charge in [0.2, 0.25) is 0 Å². The fourth-order valence-corrected chi connectivity index (χ4v) is 2.34. The normalized spacial score (nSPS) is 12.4. The number of alkyl halides is 3. The molecule has 0 aromatic heterocycles. The summed E-state index contributed by atoms with van der Waals surface area (Å²) in [6.07, 6.45) is -4.41. The fraction of sp³-hybridized carbons (Fsp3) is 0.278. The molecule has 2 N–H and O–H groups in total. The van der Waals surface area contributed by atoms with Crippen molar-refractivity contribution in [1.82, 2.24) is 10.6 Å². The zero-order valence-corrected chi connectivity index (χ0v) is 13.9. The summed E-state index contributed by atoms with van der Waals surface area (Å²) in [4.78, 5) is 12.0. The molecule has 1 atom stereocenters. The second-order valence-corrected chi connectivity index (χ2v) is 5.48. The first-order valence-electron chi connectivity index (χ1n) is 7.64. The van der Waals surface area contributed by atoms with Crippen LogP contribution in [0.15, 0.2) is 48.5 Å². The van der Waals surface area contributed by atoms with Crippen LogP contribution in [-0.4, -0.2) is 13.1 Å². The predicted molar refractivity (Wildman–Crippen MR) is 88.2 cm³/mol. The van der Waals surface area contributed by atoms with Gasteiger partial charge < -0.3 is 15.4 Å². The Bertz CT molecular complexity index is 732. The Kier molecular flexibility index (Phi) is 5.90. The lowest BCUT2D eigenvalue weighted by Gasteiger charge is -2.17. The molecule has 0 saturated heterocycles. The van der Waals surface area contributed by atoms with Crippen molar-refractivity contribution in [2.45, 2.75) is 25.7 Å². The fourth-order valence-electron chi connectivity index (χ4n) is 2.34. The van der Waals surface area contributed by atoms with Gasteiger partial charge in [0.05, 0.1) is 18.7 Å². The van der Waals surface area contributed by atoms with Crippen LogP contribution in [0.3, 0.4) is 0 Å². The Morgan fingerprint density at radius 3 is 2.56 bits per heavy atom. The van der Waals surface area contributed by atoms with Crippen LogP contribution in [0.5, 0.6) is 5.75 Å². The minimum absolute atomic E-state index is 0.241. The second-order valence-electron chi connectivity index (χ2n) is 5.48. The van der Waals surface area contributed by atoms with Crippen LogP contribution in [0.25, 0.3) is 0 Å². The number of rotatable bonds is 5. The smallest absolute Gasteiger partial charge is 0.416 e. The predicted octanol–water partition coefficient (Wildman–Crippen LogP) is 4.27. The van der Waals surface area contributed by atoms with Gasteiger partial charge in [0, 0.05) is 12.1 Å². The van der Waals surface area contributed by atoms with Gasteiger partial charge in [0.15, 0.2) is 0 Å². The molecule has 0 radical (unpaired) electrons. The number of urea groups is 1. The van der Waals surface area contributed by atoms with Gasteiger partial charge in [-0.2, -0.15) is 13.2 Å². The van der Waals surface area contributed by atoms with Crippen molar-refractivity contribution in [2.75, 3.05) is 7.11 Å². The van der Waals surface area contributed by atoms with Crippen LogP contribution in [0.2, 0.25) is 0 Å². The molecule has 0 aliphatic rings. The molecule has 0 fully saturated rings. The van der Waals surface area contributed by atoms with Gasteiger partial charge in [-0.05, 0) is 30.7 Å². The van der Waals surface area contributed by atoms with Crippen LogP contribution in [0.4, 0.5) is 18.0 Å². The molecule has 2 rings (SSSR count). The van der Waals surface area contributed by atoms with Gasteiger partial charge >= 0.3 is 12.2 Å². The number of amides is 2. The molecule has 0 heterocycles. The maximum absolute atomic E-state index is 12.8. The highest BCUT2D eigenvalue weighted by molar-refractivity contribution is 5.74. The van der Waals surface area contributed by atoms with E-state index in [4.69, 9.17) is 4.74 Å². The molecular weight excluding hydrogens is 333 g/mol. The van der Waals surface area contributed by atoms with E-state index in [1.54, 1.807) is 19.1 Å². The number of para-hydroxylation sites is 1. The maximum Gasteiger partial charge on any atom is 0.416 e. The van der Waals surface area contributed by atoms with Gasteiger partial charge in [-0.3, -0.25) is 0 Å². The first-order chi connectivity index (χ1) is 11.8. The van der Waals surface area contributed by atoms with E-state index in [-0.39, 0.29) is 6.54 Å². The molecule has 2 aromatic rings.